The predicted octanol–water partition coefficient (Wildman–Crippen LogP) is 3.74. The van der Waals surface area contributed by atoms with Gasteiger partial charge in [-0.05, 0) is 41.5 Å². The van der Waals surface area contributed by atoms with Crippen molar-refractivity contribution in [1.29, 1.82) is 0 Å². The lowest BCUT2D eigenvalue weighted by molar-refractivity contribution is -0.290. The Morgan fingerprint density at radius 3 is 1.76 bits per heavy atom. The van der Waals surface area contributed by atoms with Crippen molar-refractivity contribution < 1.29 is 38.0 Å². The average molecular weight is 523 g/mol. The first-order valence-electron chi connectivity index (χ1n) is 11.0. The SMILES string of the molecule is C#C[C@@H]1C[C@H](CC(=O)OCC)OC(C)(C)O1.C=C[C@@H]1C[C@H](CC(=O)OCC)OC(C)(C)O1.S.S. The van der Waals surface area contributed by atoms with E-state index in [1.54, 1.807) is 33.8 Å². The van der Waals surface area contributed by atoms with Gasteiger partial charge in [0.2, 0.25) is 0 Å². The number of carbonyl (C=O) groups excluding carboxylic acids is 2. The molecule has 10 heteroatoms. The summed E-state index contributed by atoms with van der Waals surface area (Å²) in [5.74, 6) is 0.633. The van der Waals surface area contributed by atoms with Gasteiger partial charge in [-0.25, -0.2) is 0 Å². The maximum Gasteiger partial charge on any atom is 0.308 e. The fraction of sp³-hybridized carbons (Fsp3) is 0.750. The molecule has 8 nitrogen and oxygen atoms in total. The average Bonchev–Trinajstić information content (AvgIpc) is 2.66. The van der Waals surface area contributed by atoms with E-state index in [1.165, 1.54) is 0 Å². The molecule has 0 N–H and O–H groups in total. The van der Waals surface area contributed by atoms with Crippen molar-refractivity contribution >= 4 is 38.9 Å². The number of hydrogen-bond acceptors (Lipinski definition) is 8. The van der Waals surface area contributed by atoms with Gasteiger partial charge in [0.1, 0.15) is 6.10 Å². The molecule has 2 fully saturated rings. The summed E-state index contributed by atoms with van der Waals surface area (Å²) in [5.41, 5.74) is 0. The first kappa shape index (κ1) is 34.9. The molecular weight excluding hydrogens is 480 g/mol. The van der Waals surface area contributed by atoms with Crippen LogP contribution < -0.4 is 0 Å². The second-order valence-corrected chi connectivity index (χ2v) is 8.43. The monoisotopic (exact) mass is 522 g/mol. The Balaban J connectivity index is 0. The summed E-state index contributed by atoms with van der Waals surface area (Å²) in [6.07, 6.45) is 7.97. The van der Waals surface area contributed by atoms with Crippen LogP contribution in [0.2, 0.25) is 0 Å². The van der Waals surface area contributed by atoms with Crippen molar-refractivity contribution in [3.8, 4) is 12.3 Å². The van der Waals surface area contributed by atoms with Gasteiger partial charge < -0.3 is 28.4 Å². The highest BCUT2D eigenvalue weighted by Crippen LogP contribution is 2.29. The van der Waals surface area contributed by atoms with Crippen LogP contribution in [0.3, 0.4) is 0 Å². The zero-order valence-corrected chi connectivity index (χ0v) is 23.2. The van der Waals surface area contributed by atoms with Gasteiger partial charge >= 0.3 is 11.9 Å². The first-order valence-corrected chi connectivity index (χ1v) is 11.0. The molecule has 2 saturated heterocycles. The van der Waals surface area contributed by atoms with E-state index >= 15 is 0 Å². The van der Waals surface area contributed by atoms with Crippen molar-refractivity contribution in [3.05, 3.63) is 12.7 Å². The van der Waals surface area contributed by atoms with E-state index in [0.29, 0.717) is 26.1 Å². The molecule has 2 rings (SSSR count). The van der Waals surface area contributed by atoms with Crippen LogP contribution in [0.25, 0.3) is 0 Å². The third-order valence-electron chi connectivity index (χ3n) is 4.58. The van der Waals surface area contributed by atoms with E-state index in [9.17, 15) is 9.59 Å². The Bertz CT molecular complexity index is 674. The van der Waals surface area contributed by atoms with Crippen molar-refractivity contribution in [3.63, 3.8) is 0 Å². The molecule has 0 amide bonds. The minimum Gasteiger partial charge on any atom is -0.466 e. The minimum atomic E-state index is -0.744. The van der Waals surface area contributed by atoms with Crippen LogP contribution in [0, 0.1) is 12.3 Å². The van der Waals surface area contributed by atoms with Crippen molar-refractivity contribution in [2.75, 3.05) is 13.2 Å². The fourth-order valence-electron chi connectivity index (χ4n) is 3.56. The quantitative estimate of drug-likeness (QED) is 0.284. The van der Waals surface area contributed by atoms with Crippen LogP contribution in [-0.4, -0.2) is 61.1 Å². The fourth-order valence-corrected chi connectivity index (χ4v) is 3.56. The maximum atomic E-state index is 11.3. The van der Waals surface area contributed by atoms with E-state index in [1.807, 2.05) is 13.8 Å². The molecule has 0 unspecified atom stereocenters. The number of hydrogen-bond donors (Lipinski definition) is 0. The smallest absolute Gasteiger partial charge is 0.308 e. The van der Waals surface area contributed by atoms with Gasteiger partial charge in [0.15, 0.2) is 11.6 Å². The molecule has 0 aliphatic carbocycles. The van der Waals surface area contributed by atoms with E-state index in [2.05, 4.69) is 12.5 Å². The second kappa shape index (κ2) is 16.5. The summed E-state index contributed by atoms with van der Waals surface area (Å²) in [7, 11) is 0. The molecule has 0 bridgehead atoms. The Hall–Kier alpha value is -1.22. The third-order valence-corrected chi connectivity index (χ3v) is 4.58. The molecule has 0 aromatic rings. The van der Waals surface area contributed by atoms with Crippen molar-refractivity contribution in [2.45, 2.75) is 103 Å². The van der Waals surface area contributed by atoms with Gasteiger partial charge in [0, 0.05) is 12.8 Å². The zero-order valence-electron chi connectivity index (χ0n) is 21.2. The van der Waals surface area contributed by atoms with Crippen LogP contribution in [0.1, 0.15) is 67.2 Å². The highest BCUT2D eigenvalue weighted by atomic mass is 32.1. The second-order valence-electron chi connectivity index (χ2n) is 8.43. The molecule has 0 aromatic heterocycles. The van der Waals surface area contributed by atoms with Gasteiger partial charge in [0.25, 0.3) is 0 Å². The standard InChI is InChI=1S/C12H20O4.C12H18O4.2H2S/c2*1-5-9-7-10(8-11(13)14-6-2)16-12(3,4)15-9;;/h5,9-10H,1,6-8H2,2-4H3;1,9-10H,6-8H2,2-4H3;2*1H2/t2*9-,10-;;/m11../s1. The molecule has 34 heavy (non-hydrogen) atoms. The number of rotatable bonds is 7. The van der Waals surface area contributed by atoms with Crippen LogP contribution in [-0.2, 0) is 38.0 Å². The molecule has 0 saturated carbocycles. The number of ether oxygens (including phenoxy) is 6. The lowest BCUT2D eigenvalue weighted by atomic mass is 10.1. The summed E-state index contributed by atoms with van der Waals surface area (Å²) in [6.45, 7) is 15.3. The zero-order chi connectivity index (χ0) is 24.4. The molecule has 2 aliphatic rings. The van der Waals surface area contributed by atoms with Crippen molar-refractivity contribution in [1.82, 2.24) is 0 Å². The van der Waals surface area contributed by atoms with Gasteiger partial charge in [-0.3, -0.25) is 9.59 Å². The molecule has 0 spiro atoms. The van der Waals surface area contributed by atoms with Crippen molar-refractivity contribution in [2.24, 2.45) is 0 Å². The Labute approximate surface area is 218 Å². The molecule has 0 radical (unpaired) electrons. The number of carbonyl (C=O) groups is 2. The Morgan fingerprint density at radius 1 is 0.912 bits per heavy atom. The number of terminal acetylenes is 1. The maximum absolute atomic E-state index is 11.3. The van der Waals surface area contributed by atoms with E-state index in [-0.39, 0.29) is 76.2 Å². The molecule has 2 aliphatic heterocycles. The predicted molar refractivity (Wildman–Crippen MR) is 139 cm³/mol. The van der Waals surface area contributed by atoms with Crippen LogP contribution in [0.5, 0.6) is 0 Å². The normalized spacial score (nSPS) is 26.6. The van der Waals surface area contributed by atoms with Gasteiger partial charge in [-0.2, -0.15) is 27.0 Å². The topological polar surface area (TPSA) is 89.5 Å². The molecule has 4 atom stereocenters. The van der Waals surface area contributed by atoms with Crippen LogP contribution >= 0.6 is 27.0 Å². The van der Waals surface area contributed by atoms with Gasteiger partial charge in [-0.1, -0.05) is 12.0 Å². The Kier molecular flexibility index (Phi) is 16.9. The summed E-state index contributed by atoms with van der Waals surface area (Å²) in [6, 6.07) is 0. The minimum absolute atomic E-state index is 0. The highest BCUT2D eigenvalue weighted by Gasteiger charge is 2.36. The van der Waals surface area contributed by atoms with E-state index in [4.69, 9.17) is 34.8 Å². The summed E-state index contributed by atoms with van der Waals surface area (Å²) in [5, 5.41) is 0. The molecule has 0 aromatic carbocycles. The summed E-state index contributed by atoms with van der Waals surface area (Å²) in [4.78, 5) is 22.7. The molecular formula is C24H42O8S2. The molecule has 2 heterocycles. The van der Waals surface area contributed by atoms with Crippen LogP contribution in [0.4, 0.5) is 0 Å². The van der Waals surface area contributed by atoms with E-state index < -0.39 is 11.6 Å². The largest absolute Gasteiger partial charge is 0.466 e. The third kappa shape index (κ3) is 13.6. The van der Waals surface area contributed by atoms with E-state index in [0.717, 1.165) is 0 Å². The summed E-state index contributed by atoms with van der Waals surface area (Å²) < 4.78 is 32.1. The lowest BCUT2D eigenvalue weighted by Gasteiger charge is -2.39. The highest BCUT2D eigenvalue weighted by molar-refractivity contribution is 7.59. The number of esters is 2. The van der Waals surface area contributed by atoms with Crippen LogP contribution in [0.15, 0.2) is 12.7 Å². The van der Waals surface area contributed by atoms with Gasteiger partial charge in [-0.15, -0.1) is 13.0 Å². The van der Waals surface area contributed by atoms with Gasteiger partial charge in [0.05, 0.1) is 44.4 Å². The Morgan fingerprint density at radius 2 is 1.35 bits per heavy atom. The molecule has 198 valence electrons. The lowest BCUT2D eigenvalue weighted by Crippen LogP contribution is -2.44. The summed E-state index contributed by atoms with van der Waals surface area (Å²) >= 11 is 0. The first-order chi connectivity index (χ1) is 14.9.